The lowest BCUT2D eigenvalue weighted by Crippen LogP contribution is -2.31. The molecule has 2 nitrogen and oxygen atoms in total. The molecular formula is C9H19NO. The summed E-state index contributed by atoms with van der Waals surface area (Å²) in [7, 11) is 0. The minimum absolute atomic E-state index is 0.203. The monoisotopic (exact) mass is 157 g/mol. The van der Waals surface area contributed by atoms with E-state index in [1.165, 1.54) is 6.42 Å². The Balaban J connectivity index is 2.46. The van der Waals surface area contributed by atoms with Crippen LogP contribution in [-0.4, -0.2) is 18.3 Å². The van der Waals surface area contributed by atoms with E-state index in [4.69, 9.17) is 10.8 Å². The van der Waals surface area contributed by atoms with Crippen LogP contribution in [0.5, 0.6) is 0 Å². The van der Waals surface area contributed by atoms with Crippen LogP contribution in [0.2, 0.25) is 0 Å². The van der Waals surface area contributed by atoms with Crippen LogP contribution in [0.1, 0.15) is 26.7 Å². The Bertz CT molecular complexity index is 138. The molecule has 0 aromatic rings. The molecule has 3 N–H and O–H groups in total. The Labute approximate surface area is 68.8 Å². The van der Waals surface area contributed by atoms with Gasteiger partial charge in [-0.2, -0.15) is 0 Å². The first kappa shape index (κ1) is 9.01. The van der Waals surface area contributed by atoms with E-state index in [1.54, 1.807) is 0 Å². The Hall–Kier alpha value is -0.0800. The highest BCUT2D eigenvalue weighted by Crippen LogP contribution is 2.51. The number of aliphatic hydroxyl groups excluding tert-OH is 1. The topological polar surface area (TPSA) is 46.2 Å². The highest BCUT2D eigenvalue weighted by molar-refractivity contribution is 4.96. The van der Waals surface area contributed by atoms with Crippen LogP contribution in [0.3, 0.4) is 0 Å². The van der Waals surface area contributed by atoms with E-state index in [-0.39, 0.29) is 12.0 Å². The maximum atomic E-state index is 8.84. The van der Waals surface area contributed by atoms with E-state index in [1.807, 2.05) is 0 Å². The third kappa shape index (κ3) is 1.74. The molecule has 0 amide bonds. The van der Waals surface area contributed by atoms with Gasteiger partial charge in [0.1, 0.15) is 0 Å². The lowest BCUT2D eigenvalue weighted by molar-refractivity contribution is 0.174. The van der Waals surface area contributed by atoms with Crippen LogP contribution in [0.4, 0.5) is 0 Å². The second kappa shape index (κ2) is 3.11. The zero-order valence-electron chi connectivity index (χ0n) is 7.51. The summed E-state index contributed by atoms with van der Waals surface area (Å²) in [6.07, 6.45) is 2.16. The highest BCUT2D eigenvalue weighted by Gasteiger charge is 2.45. The van der Waals surface area contributed by atoms with Crippen LogP contribution in [-0.2, 0) is 0 Å². The molecule has 0 saturated heterocycles. The zero-order chi connectivity index (χ0) is 8.48. The van der Waals surface area contributed by atoms with Crippen molar-refractivity contribution in [1.29, 1.82) is 0 Å². The number of aliphatic hydroxyl groups is 1. The summed E-state index contributed by atoms with van der Waals surface area (Å²) in [4.78, 5) is 0. The molecule has 0 radical (unpaired) electrons. The predicted molar refractivity (Wildman–Crippen MR) is 46.1 cm³/mol. The van der Waals surface area contributed by atoms with Crippen molar-refractivity contribution in [2.75, 3.05) is 13.2 Å². The van der Waals surface area contributed by atoms with Crippen LogP contribution < -0.4 is 5.73 Å². The minimum atomic E-state index is 0.203. The molecule has 0 bridgehead atoms. The third-order valence-corrected chi connectivity index (χ3v) is 3.15. The zero-order valence-corrected chi connectivity index (χ0v) is 7.51. The second-order valence-corrected chi connectivity index (χ2v) is 4.15. The van der Waals surface area contributed by atoms with Crippen molar-refractivity contribution >= 4 is 0 Å². The van der Waals surface area contributed by atoms with E-state index in [0.29, 0.717) is 6.54 Å². The molecule has 1 aliphatic carbocycles. The maximum absolute atomic E-state index is 8.84. The van der Waals surface area contributed by atoms with Crippen LogP contribution in [0.15, 0.2) is 0 Å². The van der Waals surface area contributed by atoms with Gasteiger partial charge < -0.3 is 10.8 Å². The average Bonchev–Trinajstić information content (AvgIpc) is 2.68. The standard InChI is InChI=1S/C9H19NO/c1-7-5-8(7)9(2,6-10)3-4-11/h7-8,11H,3-6,10H2,1-2H3. The Morgan fingerprint density at radius 2 is 2.18 bits per heavy atom. The molecule has 0 heterocycles. The van der Waals surface area contributed by atoms with Crippen molar-refractivity contribution < 1.29 is 5.11 Å². The number of rotatable bonds is 4. The second-order valence-electron chi connectivity index (χ2n) is 4.15. The number of nitrogens with two attached hydrogens (primary N) is 1. The lowest BCUT2D eigenvalue weighted by atomic mass is 9.81. The SMILES string of the molecule is CC1CC1C(C)(CN)CCO. The number of hydrogen-bond donors (Lipinski definition) is 2. The lowest BCUT2D eigenvalue weighted by Gasteiger charge is -2.27. The fourth-order valence-electron chi connectivity index (χ4n) is 1.99. The summed E-state index contributed by atoms with van der Waals surface area (Å²) in [6, 6.07) is 0. The van der Waals surface area contributed by atoms with Gasteiger partial charge in [0, 0.05) is 6.61 Å². The van der Waals surface area contributed by atoms with Gasteiger partial charge in [-0.1, -0.05) is 13.8 Å². The molecule has 1 fully saturated rings. The van der Waals surface area contributed by atoms with E-state index < -0.39 is 0 Å². The van der Waals surface area contributed by atoms with Gasteiger partial charge in [0.25, 0.3) is 0 Å². The smallest absolute Gasteiger partial charge is 0.0436 e. The van der Waals surface area contributed by atoms with E-state index in [2.05, 4.69) is 13.8 Å². The molecule has 66 valence electrons. The van der Waals surface area contributed by atoms with Gasteiger partial charge in [0.2, 0.25) is 0 Å². The van der Waals surface area contributed by atoms with Crippen molar-refractivity contribution in [3.63, 3.8) is 0 Å². The normalized spacial score (nSPS) is 34.9. The van der Waals surface area contributed by atoms with Gasteiger partial charge in [0.05, 0.1) is 0 Å². The third-order valence-electron chi connectivity index (χ3n) is 3.15. The number of hydrogen-bond acceptors (Lipinski definition) is 2. The molecule has 0 aromatic carbocycles. The molecule has 1 saturated carbocycles. The van der Waals surface area contributed by atoms with Gasteiger partial charge in [-0.3, -0.25) is 0 Å². The molecule has 1 aliphatic rings. The van der Waals surface area contributed by atoms with E-state index in [0.717, 1.165) is 18.3 Å². The van der Waals surface area contributed by atoms with Crippen molar-refractivity contribution in [3.8, 4) is 0 Å². The molecule has 0 aromatic heterocycles. The summed E-state index contributed by atoms with van der Waals surface area (Å²) in [5.41, 5.74) is 5.89. The van der Waals surface area contributed by atoms with Gasteiger partial charge >= 0.3 is 0 Å². The average molecular weight is 157 g/mol. The van der Waals surface area contributed by atoms with Crippen molar-refractivity contribution in [1.82, 2.24) is 0 Å². The van der Waals surface area contributed by atoms with Gasteiger partial charge in [-0.15, -0.1) is 0 Å². The van der Waals surface area contributed by atoms with Crippen molar-refractivity contribution in [2.45, 2.75) is 26.7 Å². The predicted octanol–water partition coefficient (Wildman–Crippen LogP) is 0.990. The molecule has 3 atom stereocenters. The fourth-order valence-corrected chi connectivity index (χ4v) is 1.99. The van der Waals surface area contributed by atoms with Crippen molar-refractivity contribution in [3.05, 3.63) is 0 Å². The summed E-state index contributed by atoms with van der Waals surface area (Å²) in [5.74, 6) is 1.59. The molecular weight excluding hydrogens is 138 g/mol. The Kier molecular flexibility index (Phi) is 2.55. The van der Waals surface area contributed by atoms with E-state index >= 15 is 0 Å². The summed E-state index contributed by atoms with van der Waals surface area (Å²) in [5, 5.41) is 8.84. The maximum Gasteiger partial charge on any atom is 0.0436 e. The molecule has 11 heavy (non-hydrogen) atoms. The summed E-state index contributed by atoms with van der Waals surface area (Å²) < 4.78 is 0. The Morgan fingerprint density at radius 3 is 2.45 bits per heavy atom. The summed E-state index contributed by atoms with van der Waals surface area (Å²) in [6.45, 7) is 5.44. The molecule has 0 aliphatic heterocycles. The quantitative estimate of drug-likeness (QED) is 0.639. The minimum Gasteiger partial charge on any atom is -0.396 e. The summed E-state index contributed by atoms with van der Waals surface area (Å²) >= 11 is 0. The fraction of sp³-hybridized carbons (Fsp3) is 1.00. The Morgan fingerprint density at radius 1 is 1.64 bits per heavy atom. The van der Waals surface area contributed by atoms with Crippen LogP contribution in [0, 0.1) is 17.3 Å². The van der Waals surface area contributed by atoms with Crippen molar-refractivity contribution in [2.24, 2.45) is 23.0 Å². The largest absolute Gasteiger partial charge is 0.396 e. The first-order chi connectivity index (χ1) is 5.14. The van der Waals surface area contributed by atoms with Crippen LogP contribution >= 0.6 is 0 Å². The van der Waals surface area contributed by atoms with Gasteiger partial charge in [-0.05, 0) is 36.6 Å². The van der Waals surface area contributed by atoms with Crippen LogP contribution in [0.25, 0.3) is 0 Å². The molecule has 2 heteroatoms. The van der Waals surface area contributed by atoms with Gasteiger partial charge in [0.15, 0.2) is 0 Å². The first-order valence-electron chi connectivity index (χ1n) is 4.45. The molecule has 1 rings (SSSR count). The van der Waals surface area contributed by atoms with Gasteiger partial charge in [-0.25, -0.2) is 0 Å². The van der Waals surface area contributed by atoms with E-state index in [9.17, 15) is 0 Å². The molecule has 3 unspecified atom stereocenters. The molecule has 0 spiro atoms. The first-order valence-corrected chi connectivity index (χ1v) is 4.45. The highest BCUT2D eigenvalue weighted by atomic mass is 16.3.